The largest absolute Gasteiger partial charge is 0.317 e. The van der Waals surface area contributed by atoms with Gasteiger partial charge in [0.15, 0.2) is 0 Å². The Balaban J connectivity index is 1.84. The Morgan fingerprint density at radius 3 is 2.83 bits per heavy atom. The number of nitrogens with one attached hydrogen (secondary N) is 2. The molecule has 0 aromatic carbocycles. The molecule has 0 saturated carbocycles. The molecule has 0 unspecified atom stereocenters. The van der Waals surface area contributed by atoms with Crippen LogP contribution >= 0.6 is 11.3 Å². The molecule has 1 aromatic heterocycles. The van der Waals surface area contributed by atoms with Crippen molar-refractivity contribution in [2.45, 2.75) is 46.1 Å². The van der Waals surface area contributed by atoms with E-state index in [1.165, 1.54) is 49.3 Å². The highest BCUT2D eigenvalue weighted by Gasteiger charge is 2.30. The summed E-state index contributed by atoms with van der Waals surface area (Å²) in [5.74, 6) is 0. The molecule has 1 fully saturated rings. The Morgan fingerprint density at radius 2 is 2.22 bits per heavy atom. The zero-order valence-electron chi connectivity index (χ0n) is 11.6. The van der Waals surface area contributed by atoms with Gasteiger partial charge in [-0.3, -0.25) is 0 Å². The molecule has 3 nitrogen and oxygen atoms in total. The SMILES string of the molecule is CCCC1(CNCc2scnc2C)CCNCC1. The average Bonchev–Trinajstić information content (AvgIpc) is 2.77. The van der Waals surface area contributed by atoms with E-state index in [1.807, 2.05) is 5.51 Å². The van der Waals surface area contributed by atoms with Gasteiger partial charge in [0.25, 0.3) is 0 Å². The van der Waals surface area contributed by atoms with E-state index in [4.69, 9.17) is 0 Å². The third kappa shape index (κ3) is 3.53. The highest BCUT2D eigenvalue weighted by molar-refractivity contribution is 7.09. The van der Waals surface area contributed by atoms with E-state index in [2.05, 4.69) is 29.5 Å². The molecule has 0 atom stereocenters. The van der Waals surface area contributed by atoms with Crippen LogP contribution in [0.1, 0.15) is 43.2 Å². The van der Waals surface area contributed by atoms with Crippen molar-refractivity contribution in [3.8, 4) is 0 Å². The van der Waals surface area contributed by atoms with Crippen molar-refractivity contribution in [1.82, 2.24) is 15.6 Å². The number of aryl methyl sites for hydroxylation is 1. The maximum Gasteiger partial charge on any atom is 0.0798 e. The van der Waals surface area contributed by atoms with Crippen LogP contribution in [0.15, 0.2) is 5.51 Å². The topological polar surface area (TPSA) is 37.0 Å². The van der Waals surface area contributed by atoms with Crippen LogP contribution in [0.2, 0.25) is 0 Å². The van der Waals surface area contributed by atoms with Gasteiger partial charge in [0.1, 0.15) is 0 Å². The Bertz CT molecular complexity index is 350. The molecule has 4 heteroatoms. The smallest absolute Gasteiger partial charge is 0.0798 e. The normalized spacial score (nSPS) is 19.0. The molecule has 2 N–H and O–H groups in total. The highest BCUT2D eigenvalue weighted by atomic mass is 32.1. The van der Waals surface area contributed by atoms with Gasteiger partial charge >= 0.3 is 0 Å². The van der Waals surface area contributed by atoms with Crippen LogP contribution in [0.25, 0.3) is 0 Å². The molecule has 1 aromatic rings. The lowest BCUT2D eigenvalue weighted by atomic mass is 9.75. The van der Waals surface area contributed by atoms with Gasteiger partial charge in [-0.05, 0) is 44.7 Å². The lowest BCUT2D eigenvalue weighted by molar-refractivity contribution is 0.176. The summed E-state index contributed by atoms with van der Waals surface area (Å²) in [4.78, 5) is 5.69. The molecule has 0 spiro atoms. The van der Waals surface area contributed by atoms with Gasteiger partial charge in [0.05, 0.1) is 11.2 Å². The lowest BCUT2D eigenvalue weighted by Gasteiger charge is -2.38. The molecular weight excluding hydrogens is 242 g/mol. The van der Waals surface area contributed by atoms with Gasteiger partial charge < -0.3 is 10.6 Å². The average molecular weight is 267 g/mol. The summed E-state index contributed by atoms with van der Waals surface area (Å²) in [6.45, 7) is 8.90. The van der Waals surface area contributed by atoms with Crippen molar-refractivity contribution >= 4 is 11.3 Å². The number of thiazole rings is 1. The van der Waals surface area contributed by atoms with E-state index in [-0.39, 0.29) is 0 Å². The zero-order valence-corrected chi connectivity index (χ0v) is 12.4. The second-order valence-corrected chi connectivity index (χ2v) is 6.40. The quantitative estimate of drug-likeness (QED) is 0.832. The van der Waals surface area contributed by atoms with Crippen molar-refractivity contribution in [2.75, 3.05) is 19.6 Å². The van der Waals surface area contributed by atoms with E-state index in [0.717, 1.165) is 13.1 Å². The van der Waals surface area contributed by atoms with E-state index >= 15 is 0 Å². The maximum absolute atomic E-state index is 4.30. The minimum absolute atomic E-state index is 0.526. The minimum atomic E-state index is 0.526. The van der Waals surface area contributed by atoms with Crippen molar-refractivity contribution in [2.24, 2.45) is 5.41 Å². The number of nitrogens with zero attached hydrogens (tertiary/aromatic N) is 1. The Kier molecular flexibility index (Phi) is 5.15. The Morgan fingerprint density at radius 1 is 1.44 bits per heavy atom. The van der Waals surface area contributed by atoms with Crippen LogP contribution < -0.4 is 10.6 Å². The first-order valence-electron chi connectivity index (χ1n) is 7.06. The van der Waals surface area contributed by atoms with Crippen LogP contribution in [-0.2, 0) is 6.54 Å². The predicted molar refractivity (Wildman–Crippen MR) is 78.0 cm³/mol. The van der Waals surface area contributed by atoms with Gasteiger partial charge in [-0.15, -0.1) is 11.3 Å². The number of piperidine rings is 1. The molecule has 2 heterocycles. The van der Waals surface area contributed by atoms with Crippen LogP contribution in [0, 0.1) is 12.3 Å². The first-order valence-corrected chi connectivity index (χ1v) is 7.94. The molecule has 0 bridgehead atoms. The van der Waals surface area contributed by atoms with Crippen molar-refractivity contribution in [1.29, 1.82) is 0 Å². The van der Waals surface area contributed by atoms with Gasteiger partial charge in [-0.2, -0.15) is 0 Å². The molecule has 0 radical (unpaired) electrons. The first-order chi connectivity index (χ1) is 8.76. The van der Waals surface area contributed by atoms with Gasteiger partial charge in [-0.25, -0.2) is 4.98 Å². The van der Waals surface area contributed by atoms with E-state index in [9.17, 15) is 0 Å². The fourth-order valence-corrected chi connectivity index (χ4v) is 3.69. The Hall–Kier alpha value is -0.450. The van der Waals surface area contributed by atoms with Crippen LogP contribution in [0.3, 0.4) is 0 Å². The molecular formula is C14H25N3S. The predicted octanol–water partition coefficient (Wildman–Crippen LogP) is 2.71. The van der Waals surface area contributed by atoms with Crippen LogP contribution in [0.5, 0.6) is 0 Å². The summed E-state index contributed by atoms with van der Waals surface area (Å²) in [5.41, 5.74) is 3.65. The van der Waals surface area contributed by atoms with E-state index < -0.39 is 0 Å². The standard InChI is InChI=1S/C14H25N3S/c1-3-4-14(5-7-15-8-6-14)10-16-9-13-12(2)17-11-18-13/h11,15-16H,3-10H2,1-2H3. The van der Waals surface area contributed by atoms with Crippen LogP contribution in [-0.4, -0.2) is 24.6 Å². The fourth-order valence-electron chi connectivity index (χ4n) is 2.94. The monoisotopic (exact) mass is 267 g/mol. The molecule has 1 aliphatic rings. The van der Waals surface area contributed by atoms with Gasteiger partial charge in [0.2, 0.25) is 0 Å². The summed E-state index contributed by atoms with van der Waals surface area (Å²) in [6.07, 6.45) is 5.27. The number of aromatic nitrogens is 1. The number of hydrogen-bond acceptors (Lipinski definition) is 4. The molecule has 102 valence electrons. The van der Waals surface area contributed by atoms with Crippen molar-refractivity contribution < 1.29 is 0 Å². The molecule has 1 saturated heterocycles. The molecule has 18 heavy (non-hydrogen) atoms. The number of rotatable bonds is 6. The lowest BCUT2D eigenvalue weighted by Crippen LogP contribution is -2.43. The fraction of sp³-hybridized carbons (Fsp3) is 0.786. The Labute approximate surface area is 114 Å². The molecule has 1 aliphatic heterocycles. The molecule has 2 rings (SSSR count). The van der Waals surface area contributed by atoms with Gasteiger partial charge in [-0.1, -0.05) is 13.3 Å². The highest BCUT2D eigenvalue weighted by Crippen LogP contribution is 2.33. The first kappa shape index (κ1) is 14.0. The summed E-state index contributed by atoms with van der Waals surface area (Å²) < 4.78 is 0. The van der Waals surface area contributed by atoms with Crippen molar-refractivity contribution in [3.05, 3.63) is 16.1 Å². The summed E-state index contributed by atoms with van der Waals surface area (Å²) in [5, 5.41) is 7.14. The third-order valence-corrected chi connectivity index (χ3v) is 5.01. The number of hydrogen-bond donors (Lipinski definition) is 2. The third-order valence-electron chi connectivity index (χ3n) is 4.07. The second-order valence-electron chi connectivity index (χ2n) is 5.46. The van der Waals surface area contributed by atoms with Crippen LogP contribution in [0.4, 0.5) is 0 Å². The molecule has 0 amide bonds. The van der Waals surface area contributed by atoms with Gasteiger partial charge in [0, 0.05) is 18.0 Å². The van der Waals surface area contributed by atoms with E-state index in [1.54, 1.807) is 11.3 Å². The minimum Gasteiger partial charge on any atom is -0.317 e. The summed E-state index contributed by atoms with van der Waals surface area (Å²) in [6, 6.07) is 0. The molecule has 0 aliphatic carbocycles. The zero-order chi connectivity index (χ0) is 12.8. The maximum atomic E-state index is 4.30. The summed E-state index contributed by atoms with van der Waals surface area (Å²) in [7, 11) is 0. The summed E-state index contributed by atoms with van der Waals surface area (Å²) >= 11 is 1.76. The van der Waals surface area contributed by atoms with Crippen molar-refractivity contribution in [3.63, 3.8) is 0 Å². The second kappa shape index (κ2) is 6.64. The van der Waals surface area contributed by atoms with E-state index in [0.29, 0.717) is 5.41 Å².